The summed E-state index contributed by atoms with van der Waals surface area (Å²) in [4.78, 5) is 25.2. The third kappa shape index (κ3) is 3.26. The molecule has 4 nitrogen and oxygen atoms in total. The first-order valence-corrected chi connectivity index (χ1v) is 7.84. The summed E-state index contributed by atoms with van der Waals surface area (Å²) in [7, 11) is 0. The van der Waals surface area contributed by atoms with Crippen LogP contribution in [0.5, 0.6) is 0 Å². The molecule has 0 unspecified atom stereocenters. The van der Waals surface area contributed by atoms with Crippen molar-refractivity contribution in [2.75, 3.05) is 5.32 Å². The number of carboxylic acid groups (broad SMARTS) is 1. The van der Waals surface area contributed by atoms with Gasteiger partial charge in [-0.05, 0) is 37.3 Å². The molecule has 1 amide bonds. The van der Waals surface area contributed by atoms with Gasteiger partial charge in [-0.15, -0.1) is 22.7 Å². The van der Waals surface area contributed by atoms with E-state index in [-0.39, 0.29) is 11.5 Å². The number of carbonyl (C=O) groups excluding carboxylic acids is 1. The van der Waals surface area contributed by atoms with E-state index in [1.165, 1.54) is 11.3 Å². The number of anilines is 1. The minimum absolute atomic E-state index is 0.151. The third-order valence-corrected chi connectivity index (χ3v) is 5.09. The van der Waals surface area contributed by atoms with Gasteiger partial charge in [-0.1, -0.05) is 6.07 Å². The van der Waals surface area contributed by atoms with Crippen molar-refractivity contribution in [3.8, 4) is 0 Å². The Bertz CT molecular complexity index is 629. The van der Waals surface area contributed by atoms with Gasteiger partial charge in [-0.3, -0.25) is 4.79 Å². The zero-order valence-corrected chi connectivity index (χ0v) is 12.9. The van der Waals surface area contributed by atoms with Gasteiger partial charge in [0.25, 0.3) is 0 Å². The van der Waals surface area contributed by atoms with Crippen molar-refractivity contribution in [2.45, 2.75) is 26.7 Å². The number of carbonyl (C=O) groups is 2. The molecule has 0 fully saturated rings. The summed E-state index contributed by atoms with van der Waals surface area (Å²) in [6, 6.07) is 3.94. The molecular weight excluding hydrogens is 294 g/mol. The zero-order chi connectivity index (χ0) is 14.7. The minimum Gasteiger partial charge on any atom is -0.478 e. The fraction of sp³-hybridized carbons (Fsp3) is 0.286. The number of aryl methyl sites for hydroxylation is 2. The number of rotatable bonds is 5. The number of carboxylic acids is 1. The van der Waals surface area contributed by atoms with Crippen LogP contribution < -0.4 is 5.32 Å². The van der Waals surface area contributed by atoms with Crippen LogP contribution in [0.2, 0.25) is 0 Å². The van der Waals surface area contributed by atoms with Gasteiger partial charge in [-0.2, -0.15) is 0 Å². The quantitative estimate of drug-likeness (QED) is 0.885. The molecule has 0 atom stereocenters. The van der Waals surface area contributed by atoms with Crippen molar-refractivity contribution in [1.29, 1.82) is 0 Å². The molecule has 0 aliphatic carbocycles. The van der Waals surface area contributed by atoms with Crippen LogP contribution in [0.15, 0.2) is 17.5 Å². The van der Waals surface area contributed by atoms with Gasteiger partial charge in [-0.25, -0.2) is 4.79 Å². The summed E-state index contributed by atoms with van der Waals surface area (Å²) in [6.07, 6.45) is 1.03. The van der Waals surface area contributed by atoms with E-state index in [2.05, 4.69) is 5.32 Å². The molecule has 2 N–H and O–H groups in total. The fourth-order valence-electron chi connectivity index (χ4n) is 1.85. The topological polar surface area (TPSA) is 66.4 Å². The number of nitrogens with one attached hydrogen (secondary N) is 1. The van der Waals surface area contributed by atoms with Gasteiger partial charge in [0, 0.05) is 16.2 Å². The lowest BCUT2D eigenvalue weighted by Gasteiger charge is -2.04. The Hall–Kier alpha value is -1.66. The molecule has 106 valence electrons. The average molecular weight is 309 g/mol. The number of aromatic carboxylic acids is 1. The first-order valence-electron chi connectivity index (χ1n) is 6.14. The predicted molar refractivity (Wildman–Crippen MR) is 82.0 cm³/mol. The standard InChI is InChI=1S/C14H15NO3S2/c1-8-9(2)20-13(12(8)14(17)18)15-11(16)6-5-10-4-3-7-19-10/h3-4,7H,5-6H2,1-2H3,(H,15,16)(H,17,18). The van der Waals surface area contributed by atoms with Crippen molar-refractivity contribution >= 4 is 39.6 Å². The maximum atomic E-state index is 11.9. The van der Waals surface area contributed by atoms with Gasteiger partial charge in [0.05, 0.1) is 5.56 Å². The van der Waals surface area contributed by atoms with Crippen LogP contribution in [0.3, 0.4) is 0 Å². The van der Waals surface area contributed by atoms with E-state index in [4.69, 9.17) is 0 Å². The SMILES string of the molecule is Cc1sc(NC(=O)CCc2cccs2)c(C(=O)O)c1C. The highest BCUT2D eigenvalue weighted by Crippen LogP contribution is 2.32. The summed E-state index contributed by atoms with van der Waals surface area (Å²) in [5.41, 5.74) is 0.924. The molecule has 2 heterocycles. The Morgan fingerprint density at radius 2 is 2.10 bits per heavy atom. The van der Waals surface area contributed by atoms with Gasteiger partial charge in [0.1, 0.15) is 5.00 Å². The molecule has 2 rings (SSSR count). The first kappa shape index (κ1) is 14.7. The number of amides is 1. The predicted octanol–water partition coefficient (Wildman–Crippen LogP) is 3.70. The second-order valence-corrected chi connectivity index (χ2v) is 6.68. The molecule has 20 heavy (non-hydrogen) atoms. The molecule has 2 aromatic heterocycles. The molecule has 0 aliphatic heterocycles. The molecule has 0 saturated carbocycles. The highest BCUT2D eigenvalue weighted by molar-refractivity contribution is 7.16. The summed E-state index contributed by atoms with van der Waals surface area (Å²) >= 11 is 2.93. The van der Waals surface area contributed by atoms with Crippen molar-refractivity contribution in [3.05, 3.63) is 38.4 Å². The van der Waals surface area contributed by atoms with Gasteiger partial charge in [0.2, 0.25) is 5.91 Å². The molecule has 0 radical (unpaired) electrons. The van der Waals surface area contributed by atoms with Crippen LogP contribution in [-0.4, -0.2) is 17.0 Å². The lowest BCUT2D eigenvalue weighted by Crippen LogP contribution is -2.13. The van der Waals surface area contributed by atoms with E-state index < -0.39 is 5.97 Å². The van der Waals surface area contributed by atoms with Crippen molar-refractivity contribution in [3.63, 3.8) is 0 Å². The Morgan fingerprint density at radius 3 is 2.70 bits per heavy atom. The van der Waals surface area contributed by atoms with E-state index in [0.29, 0.717) is 17.8 Å². The number of hydrogen-bond donors (Lipinski definition) is 2. The van der Waals surface area contributed by atoms with Crippen LogP contribution in [0.25, 0.3) is 0 Å². The second kappa shape index (κ2) is 6.19. The van der Waals surface area contributed by atoms with Crippen LogP contribution in [0, 0.1) is 13.8 Å². The largest absolute Gasteiger partial charge is 0.478 e. The highest BCUT2D eigenvalue weighted by atomic mass is 32.1. The van der Waals surface area contributed by atoms with E-state index in [1.54, 1.807) is 18.3 Å². The summed E-state index contributed by atoms with van der Waals surface area (Å²) < 4.78 is 0. The maximum absolute atomic E-state index is 11.9. The van der Waals surface area contributed by atoms with Crippen LogP contribution in [0.4, 0.5) is 5.00 Å². The van der Waals surface area contributed by atoms with E-state index in [0.717, 1.165) is 15.3 Å². The molecule has 0 bridgehead atoms. The van der Waals surface area contributed by atoms with Gasteiger partial charge < -0.3 is 10.4 Å². The van der Waals surface area contributed by atoms with Gasteiger partial charge in [0.15, 0.2) is 0 Å². The first-order chi connectivity index (χ1) is 9.49. The molecule has 0 aromatic carbocycles. The van der Waals surface area contributed by atoms with E-state index in [9.17, 15) is 14.7 Å². The molecule has 2 aromatic rings. The Labute approximate surface area is 125 Å². The summed E-state index contributed by atoms with van der Waals surface area (Å²) in [5, 5.41) is 14.3. The molecule has 0 spiro atoms. The van der Waals surface area contributed by atoms with E-state index in [1.807, 2.05) is 24.4 Å². The van der Waals surface area contributed by atoms with Crippen LogP contribution in [0.1, 0.15) is 32.1 Å². The lowest BCUT2D eigenvalue weighted by molar-refractivity contribution is -0.116. The average Bonchev–Trinajstić information content (AvgIpc) is 2.96. The summed E-state index contributed by atoms with van der Waals surface area (Å²) in [5.74, 6) is -1.15. The van der Waals surface area contributed by atoms with E-state index >= 15 is 0 Å². The minimum atomic E-state index is -1.000. The van der Waals surface area contributed by atoms with Crippen LogP contribution >= 0.6 is 22.7 Å². The number of thiophene rings is 2. The molecular formula is C14H15NO3S2. The Kier molecular flexibility index (Phi) is 4.57. The molecule has 6 heteroatoms. The fourth-order valence-corrected chi connectivity index (χ4v) is 3.63. The van der Waals surface area contributed by atoms with Crippen molar-refractivity contribution in [1.82, 2.24) is 0 Å². The smallest absolute Gasteiger partial charge is 0.338 e. The maximum Gasteiger partial charge on any atom is 0.338 e. The normalized spacial score (nSPS) is 10.5. The highest BCUT2D eigenvalue weighted by Gasteiger charge is 2.20. The summed E-state index contributed by atoms with van der Waals surface area (Å²) in [6.45, 7) is 3.62. The second-order valence-electron chi connectivity index (χ2n) is 4.42. The Morgan fingerprint density at radius 1 is 1.35 bits per heavy atom. The van der Waals surface area contributed by atoms with Crippen molar-refractivity contribution < 1.29 is 14.7 Å². The third-order valence-electron chi connectivity index (χ3n) is 3.03. The lowest BCUT2D eigenvalue weighted by atomic mass is 10.1. The van der Waals surface area contributed by atoms with Crippen LogP contribution in [-0.2, 0) is 11.2 Å². The monoisotopic (exact) mass is 309 g/mol. The molecule has 0 aliphatic rings. The molecule has 0 saturated heterocycles. The Balaban J connectivity index is 2.04. The zero-order valence-electron chi connectivity index (χ0n) is 11.2. The number of hydrogen-bond acceptors (Lipinski definition) is 4. The van der Waals surface area contributed by atoms with Crippen molar-refractivity contribution in [2.24, 2.45) is 0 Å². The van der Waals surface area contributed by atoms with Gasteiger partial charge >= 0.3 is 5.97 Å².